The molecule has 0 bridgehead atoms. The summed E-state index contributed by atoms with van der Waals surface area (Å²) in [6.07, 6.45) is 2.63. The van der Waals surface area contributed by atoms with Crippen LogP contribution in [0.2, 0.25) is 0 Å². The number of amides is 1. The first-order valence-corrected chi connectivity index (χ1v) is 6.58. The van der Waals surface area contributed by atoms with Crippen molar-refractivity contribution >= 4 is 6.09 Å². The first kappa shape index (κ1) is 14.8. The first-order chi connectivity index (χ1) is 8.17. The fraction of sp³-hybridized carbons (Fsp3) is 0.857. The zero-order valence-electron chi connectivity index (χ0n) is 12.1. The molecule has 0 aromatic rings. The van der Waals surface area contributed by atoms with Gasteiger partial charge >= 0.3 is 6.09 Å². The number of nitrogens with zero attached hydrogens (tertiary/aromatic N) is 2. The van der Waals surface area contributed by atoms with E-state index in [1.807, 2.05) is 34.6 Å². The van der Waals surface area contributed by atoms with Gasteiger partial charge in [-0.1, -0.05) is 0 Å². The topological polar surface area (TPSA) is 53.3 Å². The maximum absolute atomic E-state index is 12.2. The summed E-state index contributed by atoms with van der Waals surface area (Å²) in [5.41, 5.74) is -1.02. The third-order valence-corrected chi connectivity index (χ3v) is 3.25. The van der Waals surface area contributed by atoms with E-state index in [1.165, 1.54) is 0 Å². The summed E-state index contributed by atoms with van der Waals surface area (Å²) in [5, 5.41) is 9.25. The molecule has 0 aromatic heterocycles. The SMILES string of the molecule is CC(C)(C)OC(=O)N1CCCCC1C(C)(C)C#N. The second-order valence-electron chi connectivity index (χ2n) is 6.52. The standard InChI is InChI=1S/C14H24N2O2/c1-13(2,3)18-12(17)16-9-7-6-8-11(16)14(4,5)10-15/h11H,6-9H2,1-5H3. The molecule has 1 atom stereocenters. The van der Waals surface area contributed by atoms with E-state index in [1.54, 1.807) is 4.90 Å². The van der Waals surface area contributed by atoms with Crippen LogP contribution in [0.5, 0.6) is 0 Å². The highest BCUT2D eigenvalue weighted by Gasteiger charge is 2.39. The zero-order chi connectivity index (χ0) is 14.0. The second-order valence-corrected chi connectivity index (χ2v) is 6.52. The molecule has 1 fully saturated rings. The van der Waals surface area contributed by atoms with Crippen molar-refractivity contribution in [3.63, 3.8) is 0 Å². The number of carbonyl (C=O) groups excluding carboxylic acids is 1. The molecule has 1 amide bonds. The number of likely N-dealkylation sites (tertiary alicyclic amines) is 1. The Morgan fingerprint density at radius 2 is 1.89 bits per heavy atom. The molecule has 102 valence electrons. The smallest absolute Gasteiger partial charge is 0.410 e. The average molecular weight is 252 g/mol. The van der Waals surface area contributed by atoms with E-state index < -0.39 is 11.0 Å². The van der Waals surface area contributed by atoms with Gasteiger partial charge in [0.25, 0.3) is 0 Å². The normalized spacial score (nSPS) is 21.3. The fourth-order valence-electron chi connectivity index (χ4n) is 2.30. The third-order valence-electron chi connectivity index (χ3n) is 3.25. The van der Waals surface area contributed by atoms with Crippen LogP contribution < -0.4 is 0 Å². The second kappa shape index (κ2) is 5.17. The van der Waals surface area contributed by atoms with Crippen molar-refractivity contribution in [2.45, 2.75) is 65.5 Å². The maximum Gasteiger partial charge on any atom is 0.410 e. The number of hydrogen-bond donors (Lipinski definition) is 0. The van der Waals surface area contributed by atoms with Gasteiger partial charge < -0.3 is 9.64 Å². The van der Waals surface area contributed by atoms with Crippen LogP contribution in [0.1, 0.15) is 53.9 Å². The van der Waals surface area contributed by atoms with E-state index in [0.717, 1.165) is 19.3 Å². The Morgan fingerprint density at radius 1 is 1.28 bits per heavy atom. The van der Waals surface area contributed by atoms with E-state index >= 15 is 0 Å². The largest absolute Gasteiger partial charge is 0.444 e. The molecule has 1 unspecified atom stereocenters. The van der Waals surface area contributed by atoms with Crippen molar-refractivity contribution < 1.29 is 9.53 Å². The lowest BCUT2D eigenvalue weighted by atomic mass is 9.80. The monoisotopic (exact) mass is 252 g/mol. The lowest BCUT2D eigenvalue weighted by Crippen LogP contribution is -2.51. The van der Waals surface area contributed by atoms with Crippen LogP contribution in [0.3, 0.4) is 0 Å². The Kier molecular flexibility index (Phi) is 4.26. The summed E-state index contributed by atoms with van der Waals surface area (Å²) in [6, 6.07) is 2.26. The predicted octanol–water partition coefficient (Wildman–Crippen LogP) is 3.33. The fourth-order valence-corrected chi connectivity index (χ4v) is 2.30. The van der Waals surface area contributed by atoms with Crippen molar-refractivity contribution in [1.82, 2.24) is 4.90 Å². The van der Waals surface area contributed by atoms with Crippen LogP contribution in [-0.4, -0.2) is 29.2 Å². The molecule has 4 heteroatoms. The highest BCUT2D eigenvalue weighted by atomic mass is 16.6. The molecular formula is C14H24N2O2. The molecule has 0 spiro atoms. The van der Waals surface area contributed by atoms with Gasteiger partial charge in [0, 0.05) is 6.54 Å². The predicted molar refractivity (Wildman–Crippen MR) is 70.0 cm³/mol. The van der Waals surface area contributed by atoms with E-state index in [0.29, 0.717) is 6.54 Å². The Bertz CT molecular complexity index is 350. The van der Waals surface area contributed by atoms with Gasteiger partial charge in [0.15, 0.2) is 0 Å². The van der Waals surface area contributed by atoms with E-state index in [-0.39, 0.29) is 12.1 Å². The van der Waals surface area contributed by atoms with Crippen molar-refractivity contribution in [3.8, 4) is 6.07 Å². The van der Waals surface area contributed by atoms with Crippen molar-refractivity contribution in [3.05, 3.63) is 0 Å². The molecule has 18 heavy (non-hydrogen) atoms. The molecule has 1 heterocycles. The van der Waals surface area contributed by atoms with Gasteiger partial charge in [-0.3, -0.25) is 0 Å². The van der Waals surface area contributed by atoms with Crippen molar-refractivity contribution in [1.29, 1.82) is 5.26 Å². The van der Waals surface area contributed by atoms with E-state index in [4.69, 9.17) is 4.74 Å². The minimum atomic E-state index is -0.530. The van der Waals surface area contributed by atoms with Gasteiger partial charge in [0.05, 0.1) is 17.5 Å². The minimum absolute atomic E-state index is 0.0499. The van der Waals surface area contributed by atoms with E-state index in [9.17, 15) is 10.1 Å². The van der Waals surface area contributed by atoms with Crippen molar-refractivity contribution in [2.24, 2.45) is 5.41 Å². The molecule has 0 aromatic carbocycles. The number of hydrogen-bond acceptors (Lipinski definition) is 3. The summed E-state index contributed by atoms with van der Waals surface area (Å²) in [4.78, 5) is 13.9. The number of piperidine rings is 1. The zero-order valence-corrected chi connectivity index (χ0v) is 12.1. The van der Waals surface area contributed by atoms with Gasteiger partial charge in [-0.25, -0.2) is 4.79 Å². The molecule has 0 aliphatic carbocycles. The number of nitriles is 1. The van der Waals surface area contributed by atoms with Gasteiger partial charge in [-0.15, -0.1) is 0 Å². The minimum Gasteiger partial charge on any atom is -0.444 e. The van der Waals surface area contributed by atoms with Crippen LogP contribution in [0.25, 0.3) is 0 Å². The molecule has 1 rings (SSSR count). The molecular weight excluding hydrogens is 228 g/mol. The van der Waals surface area contributed by atoms with Crippen molar-refractivity contribution in [2.75, 3.05) is 6.54 Å². The molecule has 0 N–H and O–H groups in total. The Morgan fingerprint density at radius 3 is 2.39 bits per heavy atom. The summed E-state index contributed by atoms with van der Waals surface area (Å²) < 4.78 is 5.42. The van der Waals surface area contributed by atoms with Gasteiger partial charge in [-0.05, 0) is 53.9 Å². The van der Waals surface area contributed by atoms with Gasteiger partial charge in [0.1, 0.15) is 5.60 Å². The molecule has 1 aliphatic rings. The van der Waals surface area contributed by atoms with Gasteiger partial charge in [-0.2, -0.15) is 5.26 Å². The van der Waals surface area contributed by atoms with Crippen LogP contribution in [-0.2, 0) is 4.74 Å². The van der Waals surface area contributed by atoms with Gasteiger partial charge in [0.2, 0.25) is 0 Å². The van der Waals surface area contributed by atoms with Crippen LogP contribution >= 0.6 is 0 Å². The highest BCUT2D eigenvalue weighted by molar-refractivity contribution is 5.69. The summed E-state index contributed by atoms with van der Waals surface area (Å²) in [6.45, 7) is 10.0. The molecule has 0 radical (unpaired) electrons. The summed E-state index contributed by atoms with van der Waals surface area (Å²) in [7, 11) is 0. The van der Waals surface area contributed by atoms with Crippen LogP contribution in [0.4, 0.5) is 4.79 Å². The number of rotatable bonds is 1. The van der Waals surface area contributed by atoms with Crippen LogP contribution in [0.15, 0.2) is 0 Å². The molecule has 1 aliphatic heterocycles. The lowest BCUT2D eigenvalue weighted by molar-refractivity contribution is -0.00253. The molecule has 0 saturated carbocycles. The Hall–Kier alpha value is -1.24. The third kappa shape index (κ3) is 3.63. The van der Waals surface area contributed by atoms with Crippen LogP contribution in [0, 0.1) is 16.7 Å². The summed E-state index contributed by atoms with van der Waals surface area (Å²) in [5.74, 6) is 0. The number of carbonyl (C=O) groups is 1. The number of ether oxygens (including phenoxy) is 1. The highest BCUT2D eigenvalue weighted by Crippen LogP contribution is 2.32. The first-order valence-electron chi connectivity index (χ1n) is 6.58. The Labute approximate surface area is 110 Å². The molecule has 4 nitrogen and oxygen atoms in total. The summed E-state index contributed by atoms with van der Waals surface area (Å²) >= 11 is 0. The maximum atomic E-state index is 12.2. The average Bonchev–Trinajstić information content (AvgIpc) is 2.27. The lowest BCUT2D eigenvalue weighted by Gasteiger charge is -2.41. The quantitative estimate of drug-likeness (QED) is 0.719. The van der Waals surface area contributed by atoms with E-state index in [2.05, 4.69) is 6.07 Å². The Balaban J connectivity index is 2.84. The molecule has 1 saturated heterocycles.